The summed E-state index contributed by atoms with van der Waals surface area (Å²) in [5.41, 5.74) is 0.102. The van der Waals surface area contributed by atoms with Gasteiger partial charge in [-0.3, -0.25) is 4.79 Å². The number of halogens is 2. The Hall–Kier alpha value is -1.71. The Kier molecular flexibility index (Phi) is 6.14. The molecule has 1 aliphatic rings. The van der Waals surface area contributed by atoms with E-state index in [0.717, 1.165) is 17.9 Å². The van der Waals surface area contributed by atoms with Gasteiger partial charge in [-0.1, -0.05) is 13.8 Å². The minimum Gasteiger partial charge on any atom is -0.423 e. The highest BCUT2D eigenvalue weighted by Gasteiger charge is 2.24. The quantitative estimate of drug-likeness (QED) is 0.706. The minimum absolute atomic E-state index is 0.0394. The van der Waals surface area contributed by atoms with Crippen LogP contribution in [0, 0.1) is 11.6 Å². The van der Waals surface area contributed by atoms with Crippen LogP contribution < -0.4 is 11.0 Å². The molecule has 1 aromatic carbocycles. The molecule has 24 heavy (non-hydrogen) atoms. The van der Waals surface area contributed by atoms with Crippen LogP contribution in [0.3, 0.4) is 0 Å². The van der Waals surface area contributed by atoms with Crippen LogP contribution in [-0.2, 0) is 12.2 Å². The molecule has 128 valence electrons. The molecule has 0 radical (unpaired) electrons. The summed E-state index contributed by atoms with van der Waals surface area (Å²) in [6.45, 7) is 4.00. The van der Waals surface area contributed by atoms with E-state index >= 15 is 0 Å². The highest BCUT2D eigenvalue weighted by molar-refractivity contribution is 7.98. The maximum atomic E-state index is 13.8. The molecular formula is C15H17BF2N2O3S. The molecule has 2 heterocycles. The summed E-state index contributed by atoms with van der Waals surface area (Å²) < 4.78 is 27.6. The van der Waals surface area contributed by atoms with E-state index in [1.54, 1.807) is 11.8 Å². The molecule has 0 saturated heterocycles. The van der Waals surface area contributed by atoms with E-state index in [0.29, 0.717) is 23.4 Å². The van der Waals surface area contributed by atoms with Gasteiger partial charge in [0.1, 0.15) is 17.5 Å². The smallest absolute Gasteiger partial charge is 0.423 e. The molecule has 1 aliphatic heterocycles. The summed E-state index contributed by atoms with van der Waals surface area (Å²) in [4.78, 5) is 18.8. The predicted molar refractivity (Wildman–Crippen MR) is 91.2 cm³/mol. The summed E-state index contributed by atoms with van der Waals surface area (Å²) >= 11 is 1.63. The van der Waals surface area contributed by atoms with Crippen molar-refractivity contribution in [1.29, 1.82) is 0 Å². The van der Waals surface area contributed by atoms with E-state index in [1.165, 1.54) is 0 Å². The van der Waals surface area contributed by atoms with Gasteiger partial charge in [-0.25, -0.2) is 13.8 Å². The number of aromatic amines is 1. The monoisotopic (exact) mass is 354 g/mol. The molecule has 5 nitrogen and oxygen atoms in total. The highest BCUT2D eigenvalue weighted by Crippen LogP contribution is 2.23. The van der Waals surface area contributed by atoms with Crippen LogP contribution >= 0.6 is 11.8 Å². The topological polar surface area (TPSA) is 86.2 Å². The third kappa shape index (κ3) is 3.68. The zero-order chi connectivity index (χ0) is 17.9. The van der Waals surface area contributed by atoms with Gasteiger partial charge in [-0.15, -0.1) is 0 Å². The molecule has 0 unspecified atom stereocenters. The lowest BCUT2D eigenvalue weighted by molar-refractivity contribution is 0.419. The van der Waals surface area contributed by atoms with Crippen molar-refractivity contribution in [3.05, 3.63) is 45.4 Å². The molecule has 0 atom stereocenters. The summed E-state index contributed by atoms with van der Waals surface area (Å²) in [5, 5.41) is 17.9. The van der Waals surface area contributed by atoms with Crippen LogP contribution in [-0.4, -0.2) is 32.9 Å². The van der Waals surface area contributed by atoms with Crippen molar-refractivity contribution in [3.63, 3.8) is 0 Å². The van der Waals surface area contributed by atoms with Crippen molar-refractivity contribution in [1.82, 2.24) is 9.97 Å². The first kappa shape index (κ1) is 18.6. The van der Waals surface area contributed by atoms with Gasteiger partial charge in [0.05, 0.1) is 11.2 Å². The highest BCUT2D eigenvalue weighted by atomic mass is 32.2. The Morgan fingerprint density at radius 1 is 1.25 bits per heavy atom. The number of hydrogen-bond donors (Lipinski definition) is 3. The predicted octanol–water partition coefficient (Wildman–Crippen LogP) is 1.21. The zero-order valence-corrected chi connectivity index (χ0v) is 14.1. The third-order valence-electron chi connectivity index (χ3n) is 3.44. The number of benzene rings is 1. The van der Waals surface area contributed by atoms with E-state index < -0.39 is 24.2 Å². The van der Waals surface area contributed by atoms with Crippen molar-refractivity contribution in [3.8, 4) is 11.4 Å². The third-order valence-corrected chi connectivity index (χ3v) is 4.43. The fourth-order valence-electron chi connectivity index (χ4n) is 2.35. The summed E-state index contributed by atoms with van der Waals surface area (Å²) in [5.74, 6) is -0.758. The van der Waals surface area contributed by atoms with Gasteiger partial charge in [0.25, 0.3) is 5.56 Å². The van der Waals surface area contributed by atoms with Crippen LogP contribution in [0.5, 0.6) is 0 Å². The van der Waals surface area contributed by atoms with Crippen LogP contribution in [0.4, 0.5) is 8.78 Å². The van der Waals surface area contributed by atoms with Crippen LogP contribution in [0.25, 0.3) is 11.4 Å². The Morgan fingerprint density at radius 3 is 2.46 bits per heavy atom. The second kappa shape index (κ2) is 7.91. The maximum Gasteiger partial charge on any atom is 0.494 e. The molecule has 2 aromatic rings. The molecule has 0 aliphatic carbocycles. The molecule has 0 bridgehead atoms. The number of nitrogens with one attached hydrogen (secondary N) is 1. The van der Waals surface area contributed by atoms with Crippen molar-refractivity contribution in [2.75, 3.05) is 5.75 Å². The number of H-pyrrole nitrogens is 1. The van der Waals surface area contributed by atoms with Gasteiger partial charge in [0.15, 0.2) is 0 Å². The number of nitrogens with zero attached hydrogens (tertiary/aromatic N) is 1. The van der Waals surface area contributed by atoms with Gasteiger partial charge < -0.3 is 15.0 Å². The van der Waals surface area contributed by atoms with Crippen molar-refractivity contribution >= 4 is 24.3 Å². The van der Waals surface area contributed by atoms with E-state index in [-0.39, 0.29) is 16.9 Å². The lowest BCUT2D eigenvalue weighted by Gasteiger charge is -2.15. The SMILES string of the molecule is CC.O=c1[nH]c(-c2cc(F)c(B(O)O)c(F)c2)nc2c1CSCC2. The lowest BCUT2D eigenvalue weighted by Crippen LogP contribution is -2.35. The van der Waals surface area contributed by atoms with Gasteiger partial charge >= 0.3 is 7.12 Å². The Labute approximate surface area is 142 Å². The van der Waals surface area contributed by atoms with Gasteiger partial charge in [0.2, 0.25) is 0 Å². The second-order valence-corrected chi connectivity index (χ2v) is 5.97. The van der Waals surface area contributed by atoms with E-state index in [2.05, 4.69) is 9.97 Å². The first-order valence-electron chi connectivity index (χ1n) is 7.52. The normalized spacial score (nSPS) is 12.9. The van der Waals surface area contributed by atoms with Crippen LogP contribution in [0.1, 0.15) is 25.1 Å². The van der Waals surface area contributed by atoms with E-state index in [9.17, 15) is 13.6 Å². The van der Waals surface area contributed by atoms with E-state index in [4.69, 9.17) is 10.0 Å². The minimum atomic E-state index is -2.25. The number of thioether (sulfide) groups is 1. The first-order valence-corrected chi connectivity index (χ1v) is 8.68. The largest absolute Gasteiger partial charge is 0.494 e. The first-order chi connectivity index (χ1) is 11.5. The van der Waals surface area contributed by atoms with Gasteiger partial charge in [-0.05, 0) is 24.3 Å². The summed E-state index contributed by atoms with van der Waals surface area (Å²) in [6, 6.07) is 1.83. The maximum absolute atomic E-state index is 13.8. The fourth-order valence-corrected chi connectivity index (χ4v) is 3.33. The van der Waals surface area contributed by atoms with Gasteiger partial charge in [0, 0.05) is 16.9 Å². The molecule has 0 fully saturated rings. The summed E-state index contributed by atoms with van der Waals surface area (Å²) in [6.07, 6.45) is 0.620. The van der Waals surface area contributed by atoms with Crippen LogP contribution in [0.15, 0.2) is 16.9 Å². The van der Waals surface area contributed by atoms with Gasteiger partial charge in [-0.2, -0.15) is 11.8 Å². The second-order valence-electron chi connectivity index (χ2n) is 4.87. The number of aromatic nitrogens is 2. The average molecular weight is 354 g/mol. The van der Waals surface area contributed by atoms with Crippen molar-refractivity contribution in [2.45, 2.75) is 26.0 Å². The van der Waals surface area contributed by atoms with Crippen LogP contribution in [0.2, 0.25) is 0 Å². The van der Waals surface area contributed by atoms with Crippen molar-refractivity contribution < 1.29 is 18.8 Å². The molecule has 3 rings (SSSR count). The zero-order valence-electron chi connectivity index (χ0n) is 13.3. The average Bonchev–Trinajstić information content (AvgIpc) is 2.55. The Morgan fingerprint density at radius 2 is 1.88 bits per heavy atom. The fraction of sp³-hybridized carbons (Fsp3) is 0.333. The Bertz CT molecular complexity index is 776. The molecule has 0 amide bonds. The number of fused-ring (bicyclic) bond motifs is 1. The molecule has 0 spiro atoms. The Balaban J connectivity index is 0.00000100. The number of hydrogen-bond acceptors (Lipinski definition) is 5. The molecule has 9 heteroatoms. The number of rotatable bonds is 2. The number of aryl methyl sites for hydroxylation is 1. The van der Waals surface area contributed by atoms with E-state index in [1.807, 2.05) is 13.8 Å². The standard InChI is InChI=1S/C13H11BF2N2O3S.C2H6/c15-8-3-6(4-9(16)11(8)14(20)21)12-17-10-1-2-22-5-7(10)13(19)18-12;1-2/h3-4,20-21H,1-2,5H2,(H,17,18,19);1-2H3. The van der Waals surface area contributed by atoms with Crippen molar-refractivity contribution in [2.24, 2.45) is 0 Å². The lowest BCUT2D eigenvalue weighted by atomic mass is 9.79. The molecule has 3 N–H and O–H groups in total. The molecule has 0 saturated carbocycles. The summed E-state index contributed by atoms with van der Waals surface area (Å²) in [7, 11) is -2.25. The molecular weight excluding hydrogens is 337 g/mol. The molecule has 1 aromatic heterocycles.